The fourth-order valence-corrected chi connectivity index (χ4v) is 2.81. The van der Waals surface area contributed by atoms with Crippen molar-refractivity contribution in [3.05, 3.63) is 29.8 Å². The van der Waals surface area contributed by atoms with Gasteiger partial charge in [0.15, 0.2) is 0 Å². The lowest BCUT2D eigenvalue weighted by atomic mass is 9.87. The molecule has 0 aromatic heterocycles. The molecule has 0 unspecified atom stereocenters. The molecular weight excluding hydrogens is 222 g/mol. The molecule has 0 atom stereocenters. The molecule has 0 bridgehead atoms. The standard InChI is InChI=1S/C16H25NO/c1-3-13-4-8-15(9-5-13)17(2)12-14-6-10-16(18)11-7-14/h4-5,8-9,14,16,18H,3,6-7,10-12H2,1-2H3. The lowest BCUT2D eigenvalue weighted by Gasteiger charge is -2.30. The van der Waals surface area contributed by atoms with Crippen molar-refractivity contribution in [2.24, 2.45) is 5.92 Å². The average Bonchev–Trinajstić information content (AvgIpc) is 2.41. The molecule has 0 amide bonds. The Balaban J connectivity index is 1.88. The van der Waals surface area contributed by atoms with Crippen LogP contribution in [0.5, 0.6) is 0 Å². The van der Waals surface area contributed by atoms with Gasteiger partial charge in [-0.3, -0.25) is 0 Å². The first-order valence-corrected chi connectivity index (χ1v) is 7.17. The summed E-state index contributed by atoms with van der Waals surface area (Å²) in [5, 5.41) is 9.52. The molecule has 18 heavy (non-hydrogen) atoms. The van der Waals surface area contributed by atoms with Gasteiger partial charge >= 0.3 is 0 Å². The van der Waals surface area contributed by atoms with E-state index in [2.05, 4.69) is 43.1 Å². The number of aliphatic hydroxyl groups is 1. The van der Waals surface area contributed by atoms with Crippen LogP contribution in [-0.2, 0) is 6.42 Å². The van der Waals surface area contributed by atoms with Crippen molar-refractivity contribution in [1.82, 2.24) is 0 Å². The van der Waals surface area contributed by atoms with Gasteiger partial charge in [0.25, 0.3) is 0 Å². The van der Waals surface area contributed by atoms with Crippen LogP contribution in [-0.4, -0.2) is 24.8 Å². The summed E-state index contributed by atoms with van der Waals surface area (Å²) in [7, 11) is 2.17. The Morgan fingerprint density at radius 1 is 1.11 bits per heavy atom. The summed E-state index contributed by atoms with van der Waals surface area (Å²) in [6, 6.07) is 8.87. The third-order valence-corrected chi connectivity index (χ3v) is 4.13. The van der Waals surface area contributed by atoms with E-state index in [9.17, 15) is 5.11 Å². The van der Waals surface area contributed by atoms with E-state index in [4.69, 9.17) is 0 Å². The molecule has 1 aromatic carbocycles. The first-order chi connectivity index (χ1) is 8.69. The maximum Gasteiger partial charge on any atom is 0.0540 e. The van der Waals surface area contributed by atoms with Crippen molar-refractivity contribution >= 4 is 5.69 Å². The Hall–Kier alpha value is -1.02. The van der Waals surface area contributed by atoms with Crippen LogP contribution in [0.25, 0.3) is 0 Å². The van der Waals surface area contributed by atoms with E-state index in [0.717, 1.165) is 31.7 Å². The van der Waals surface area contributed by atoms with Gasteiger partial charge in [-0.25, -0.2) is 0 Å². The minimum Gasteiger partial charge on any atom is -0.393 e. The Morgan fingerprint density at radius 3 is 2.28 bits per heavy atom. The van der Waals surface area contributed by atoms with Crippen molar-refractivity contribution in [3.8, 4) is 0 Å². The zero-order chi connectivity index (χ0) is 13.0. The van der Waals surface area contributed by atoms with E-state index in [1.807, 2.05) is 0 Å². The number of rotatable bonds is 4. The van der Waals surface area contributed by atoms with Crippen molar-refractivity contribution < 1.29 is 5.11 Å². The minimum absolute atomic E-state index is 0.0459. The topological polar surface area (TPSA) is 23.5 Å². The first-order valence-electron chi connectivity index (χ1n) is 7.17. The van der Waals surface area contributed by atoms with Crippen LogP contribution < -0.4 is 4.90 Å². The Bertz CT molecular complexity index is 352. The molecule has 1 aliphatic carbocycles. The Labute approximate surface area is 111 Å². The van der Waals surface area contributed by atoms with E-state index >= 15 is 0 Å². The van der Waals surface area contributed by atoms with Crippen LogP contribution in [0.4, 0.5) is 5.69 Å². The van der Waals surface area contributed by atoms with Gasteiger partial charge in [-0.2, -0.15) is 0 Å². The largest absolute Gasteiger partial charge is 0.393 e. The number of aliphatic hydroxyl groups excluding tert-OH is 1. The number of benzene rings is 1. The molecule has 0 radical (unpaired) electrons. The van der Waals surface area contributed by atoms with Gasteiger partial charge in [-0.05, 0) is 55.7 Å². The second-order valence-electron chi connectivity index (χ2n) is 5.58. The summed E-state index contributed by atoms with van der Waals surface area (Å²) in [5.41, 5.74) is 2.70. The Kier molecular flexibility index (Phi) is 4.65. The second kappa shape index (κ2) is 6.24. The van der Waals surface area contributed by atoms with Crippen LogP contribution in [0.15, 0.2) is 24.3 Å². The predicted molar refractivity (Wildman–Crippen MR) is 77.1 cm³/mol. The maximum atomic E-state index is 9.52. The number of aryl methyl sites for hydroxylation is 1. The van der Waals surface area contributed by atoms with Gasteiger partial charge < -0.3 is 10.0 Å². The van der Waals surface area contributed by atoms with E-state index in [1.165, 1.54) is 24.1 Å². The highest BCUT2D eigenvalue weighted by Crippen LogP contribution is 2.26. The first kappa shape index (κ1) is 13.4. The summed E-state index contributed by atoms with van der Waals surface area (Å²) in [6.45, 7) is 3.30. The fourth-order valence-electron chi connectivity index (χ4n) is 2.81. The minimum atomic E-state index is -0.0459. The Morgan fingerprint density at radius 2 is 1.72 bits per heavy atom. The van der Waals surface area contributed by atoms with Crippen LogP contribution in [0, 0.1) is 5.92 Å². The van der Waals surface area contributed by atoms with Gasteiger partial charge in [-0.15, -0.1) is 0 Å². The molecule has 0 saturated heterocycles. The maximum absolute atomic E-state index is 9.52. The molecule has 1 aromatic rings. The van der Waals surface area contributed by atoms with E-state index in [0.29, 0.717) is 0 Å². The molecule has 2 rings (SSSR count). The van der Waals surface area contributed by atoms with Crippen LogP contribution >= 0.6 is 0 Å². The molecule has 1 fully saturated rings. The molecule has 2 heteroatoms. The summed E-state index contributed by atoms with van der Waals surface area (Å²) < 4.78 is 0. The second-order valence-corrected chi connectivity index (χ2v) is 5.58. The zero-order valence-electron chi connectivity index (χ0n) is 11.6. The summed E-state index contributed by atoms with van der Waals surface area (Å²) in [5.74, 6) is 0.740. The van der Waals surface area contributed by atoms with Crippen LogP contribution in [0.2, 0.25) is 0 Å². The molecule has 1 N–H and O–H groups in total. The van der Waals surface area contributed by atoms with E-state index < -0.39 is 0 Å². The van der Waals surface area contributed by atoms with Crippen molar-refractivity contribution in [3.63, 3.8) is 0 Å². The molecule has 100 valence electrons. The summed E-state index contributed by atoms with van der Waals surface area (Å²) in [4.78, 5) is 2.35. The molecule has 1 saturated carbocycles. The lowest BCUT2D eigenvalue weighted by molar-refractivity contribution is 0.110. The molecule has 0 aliphatic heterocycles. The van der Waals surface area contributed by atoms with Crippen LogP contribution in [0.1, 0.15) is 38.2 Å². The van der Waals surface area contributed by atoms with Gasteiger partial charge in [0.05, 0.1) is 6.10 Å². The van der Waals surface area contributed by atoms with E-state index in [1.54, 1.807) is 0 Å². The summed E-state index contributed by atoms with van der Waals surface area (Å²) in [6.07, 6.45) is 5.35. The molecule has 0 heterocycles. The smallest absolute Gasteiger partial charge is 0.0540 e. The van der Waals surface area contributed by atoms with Gasteiger partial charge in [0.2, 0.25) is 0 Å². The van der Waals surface area contributed by atoms with E-state index in [-0.39, 0.29) is 6.10 Å². The SMILES string of the molecule is CCc1ccc(N(C)CC2CCC(O)CC2)cc1. The highest BCUT2D eigenvalue weighted by Gasteiger charge is 2.20. The number of hydrogen-bond acceptors (Lipinski definition) is 2. The highest BCUT2D eigenvalue weighted by atomic mass is 16.3. The zero-order valence-corrected chi connectivity index (χ0v) is 11.6. The highest BCUT2D eigenvalue weighted by molar-refractivity contribution is 5.46. The lowest BCUT2D eigenvalue weighted by Crippen LogP contribution is -2.29. The van der Waals surface area contributed by atoms with Crippen molar-refractivity contribution in [2.75, 3.05) is 18.5 Å². The summed E-state index contributed by atoms with van der Waals surface area (Å²) >= 11 is 0. The van der Waals surface area contributed by atoms with Gasteiger partial charge in [0, 0.05) is 19.3 Å². The van der Waals surface area contributed by atoms with Crippen molar-refractivity contribution in [2.45, 2.75) is 45.1 Å². The van der Waals surface area contributed by atoms with Crippen LogP contribution in [0.3, 0.4) is 0 Å². The monoisotopic (exact) mass is 247 g/mol. The number of nitrogens with zero attached hydrogens (tertiary/aromatic N) is 1. The van der Waals surface area contributed by atoms with Gasteiger partial charge in [-0.1, -0.05) is 19.1 Å². The molecular formula is C16H25NO. The molecule has 2 nitrogen and oxygen atoms in total. The van der Waals surface area contributed by atoms with Gasteiger partial charge in [0.1, 0.15) is 0 Å². The fraction of sp³-hybridized carbons (Fsp3) is 0.625. The normalized spacial score (nSPS) is 23.9. The quantitative estimate of drug-likeness (QED) is 0.883. The average molecular weight is 247 g/mol. The molecule has 0 spiro atoms. The molecule has 1 aliphatic rings. The van der Waals surface area contributed by atoms with Crippen molar-refractivity contribution in [1.29, 1.82) is 0 Å². The third kappa shape index (κ3) is 3.49. The third-order valence-electron chi connectivity index (χ3n) is 4.13. The number of anilines is 1. The number of hydrogen-bond donors (Lipinski definition) is 1. The predicted octanol–water partition coefficient (Wildman–Crippen LogP) is 3.24.